The molecule has 1 aromatic carbocycles. The van der Waals surface area contributed by atoms with Crippen molar-refractivity contribution in [1.29, 1.82) is 0 Å². The molecule has 0 spiro atoms. The Morgan fingerprint density at radius 2 is 2.00 bits per heavy atom. The van der Waals surface area contributed by atoms with Gasteiger partial charge in [-0.05, 0) is 5.56 Å². The standard InChI is InChI=1S/C17H21FN4O5/c18-8-14(23)13(10-22-7-6-19-16(22)25)21-15(24)9-20-17(26)27-11-12-4-2-1-3-5-12/h1-5,13H,6-11H2,(H,19,25)(H,20,26)(H,21,24). The average Bonchev–Trinajstić information content (AvgIpc) is 3.09. The minimum Gasteiger partial charge on any atom is -0.445 e. The largest absolute Gasteiger partial charge is 0.445 e. The van der Waals surface area contributed by atoms with E-state index in [2.05, 4.69) is 16.0 Å². The second kappa shape index (κ2) is 10.1. The molecular formula is C17H21FN4O5. The molecule has 1 aliphatic rings. The molecule has 1 heterocycles. The first-order valence-corrected chi connectivity index (χ1v) is 8.35. The quantitative estimate of drug-likeness (QED) is 0.556. The van der Waals surface area contributed by atoms with E-state index in [1.54, 1.807) is 24.3 Å². The molecule has 1 atom stereocenters. The van der Waals surface area contributed by atoms with Crippen LogP contribution < -0.4 is 16.0 Å². The number of hydrogen-bond acceptors (Lipinski definition) is 5. The highest BCUT2D eigenvalue weighted by Gasteiger charge is 2.28. The Morgan fingerprint density at radius 1 is 1.26 bits per heavy atom. The first-order valence-electron chi connectivity index (χ1n) is 8.35. The first-order chi connectivity index (χ1) is 13.0. The highest BCUT2D eigenvalue weighted by atomic mass is 19.1. The molecule has 1 fully saturated rings. The summed E-state index contributed by atoms with van der Waals surface area (Å²) in [4.78, 5) is 48.1. The smallest absolute Gasteiger partial charge is 0.407 e. The van der Waals surface area contributed by atoms with Gasteiger partial charge in [0.15, 0.2) is 5.78 Å². The Hall–Kier alpha value is -3.17. The molecule has 1 unspecified atom stereocenters. The zero-order valence-electron chi connectivity index (χ0n) is 14.6. The second-order valence-corrected chi connectivity index (χ2v) is 5.81. The summed E-state index contributed by atoms with van der Waals surface area (Å²) < 4.78 is 17.7. The van der Waals surface area contributed by atoms with Crippen LogP contribution in [0.15, 0.2) is 30.3 Å². The molecule has 0 saturated carbocycles. The lowest BCUT2D eigenvalue weighted by Crippen LogP contribution is -2.52. The number of alkyl halides is 1. The number of amides is 4. The van der Waals surface area contributed by atoms with E-state index in [0.29, 0.717) is 13.1 Å². The average molecular weight is 380 g/mol. The number of halogens is 1. The van der Waals surface area contributed by atoms with Gasteiger partial charge in [-0.1, -0.05) is 30.3 Å². The molecule has 0 aromatic heterocycles. The van der Waals surface area contributed by atoms with Gasteiger partial charge in [-0.2, -0.15) is 0 Å². The van der Waals surface area contributed by atoms with Crippen molar-refractivity contribution in [3.8, 4) is 0 Å². The number of carbonyl (C=O) groups excluding carboxylic acids is 4. The summed E-state index contributed by atoms with van der Waals surface area (Å²) >= 11 is 0. The molecule has 27 heavy (non-hydrogen) atoms. The van der Waals surface area contributed by atoms with Gasteiger partial charge in [0.1, 0.15) is 25.9 Å². The zero-order chi connectivity index (χ0) is 19.6. The Balaban J connectivity index is 1.76. The molecule has 9 nitrogen and oxygen atoms in total. The fourth-order valence-corrected chi connectivity index (χ4v) is 2.40. The van der Waals surface area contributed by atoms with Crippen LogP contribution >= 0.6 is 0 Å². The maximum Gasteiger partial charge on any atom is 0.407 e. The number of ketones is 1. The number of nitrogens with zero attached hydrogens (tertiary/aromatic N) is 1. The van der Waals surface area contributed by atoms with Crippen LogP contribution in [0.2, 0.25) is 0 Å². The van der Waals surface area contributed by atoms with E-state index in [4.69, 9.17) is 4.74 Å². The Bertz CT molecular complexity index is 685. The van der Waals surface area contributed by atoms with E-state index in [9.17, 15) is 23.6 Å². The maximum absolute atomic E-state index is 12.7. The highest BCUT2D eigenvalue weighted by molar-refractivity contribution is 5.91. The fraction of sp³-hybridized carbons (Fsp3) is 0.412. The van der Waals surface area contributed by atoms with Crippen molar-refractivity contribution in [3.05, 3.63) is 35.9 Å². The lowest BCUT2D eigenvalue weighted by molar-refractivity contribution is -0.128. The van der Waals surface area contributed by atoms with Crippen molar-refractivity contribution >= 4 is 23.8 Å². The minimum absolute atomic E-state index is 0.0430. The molecule has 2 rings (SSSR count). The lowest BCUT2D eigenvalue weighted by atomic mass is 10.2. The Kier molecular flexibility index (Phi) is 7.53. The van der Waals surface area contributed by atoms with Crippen LogP contribution in [0.5, 0.6) is 0 Å². The van der Waals surface area contributed by atoms with Crippen LogP contribution in [0, 0.1) is 0 Å². The SMILES string of the molecule is O=C(CNC(=O)OCc1ccccc1)NC(CN1CCNC1=O)C(=O)CF. The molecule has 10 heteroatoms. The van der Waals surface area contributed by atoms with E-state index in [0.717, 1.165) is 5.56 Å². The normalized spacial score (nSPS) is 14.3. The van der Waals surface area contributed by atoms with Crippen molar-refractivity contribution in [2.75, 3.05) is 32.9 Å². The molecule has 4 amide bonds. The summed E-state index contributed by atoms with van der Waals surface area (Å²) in [6.45, 7) is -1.05. The predicted molar refractivity (Wildman–Crippen MR) is 92.5 cm³/mol. The van der Waals surface area contributed by atoms with E-state index in [1.165, 1.54) is 4.90 Å². The van der Waals surface area contributed by atoms with Crippen LogP contribution in [0.1, 0.15) is 5.56 Å². The van der Waals surface area contributed by atoms with E-state index in [1.807, 2.05) is 6.07 Å². The third kappa shape index (κ3) is 6.57. The lowest BCUT2D eigenvalue weighted by Gasteiger charge is -2.22. The molecule has 146 valence electrons. The van der Waals surface area contributed by atoms with Gasteiger partial charge in [0, 0.05) is 19.6 Å². The summed E-state index contributed by atoms with van der Waals surface area (Å²) in [5.41, 5.74) is 0.787. The number of rotatable bonds is 9. The van der Waals surface area contributed by atoms with Crippen molar-refractivity contribution in [2.24, 2.45) is 0 Å². The van der Waals surface area contributed by atoms with Crippen molar-refractivity contribution < 1.29 is 28.3 Å². The summed E-state index contributed by atoms with van der Waals surface area (Å²) in [6.07, 6.45) is -0.804. The molecule has 1 aliphatic heterocycles. The van der Waals surface area contributed by atoms with E-state index in [-0.39, 0.29) is 19.2 Å². The molecule has 1 aromatic rings. The summed E-state index contributed by atoms with van der Waals surface area (Å²) in [6, 6.07) is 7.41. The van der Waals surface area contributed by atoms with Gasteiger partial charge in [0.25, 0.3) is 0 Å². The number of nitrogens with one attached hydrogen (secondary N) is 3. The second-order valence-electron chi connectivity index (χ2n) is 5.81. The topological polar surface area (TPSA) is 117 Å². The van der Waals surface area contributed by atoms with Crippen LogP contribution in [0.25, 0.3) is 0 Å². The summed E-state index contributed by atoms with van der Waals surface area (Å²) in [7, 11) is 0. The minimum atomic E-state index is -1.27. The Labute approximate surface area is 155 Å². The van der Waals surface area contributed by atoms with Gasteiger partial charge in [-0.15, -0.1) is 0 Å². The third-order valence-electron chi connectivity index (χ3n) is 3.81. The van der Waals surface area contributed by atoms with Crippen LogP contribution in [-0.4, -0.2) is 67.6 Å². The molecule has 0 bridgehead atoms. The van der Waals surface area contributed by atoms with Crippen molar-refractivity contribution in [1.82, 2.24) is 20.9 Å². The maximum atomic E-state index is 12.7. The van der Waals surface area contributed by atoms with E-state index >= 15 is 0 Å². The number of alkyl carbamates (subject to hydrolysis) is 1. The predicted octanol–water partition coefficient (Wildman–Crippen LogP) is -0.0386. The zero-order valence-corrected chi connectivity index (χ0v) is 14.6. The molecular weight excluding hydrogens is 359 g/mol. The Morgan fingerprint density at radius 3 is 2.63 bits per heavy atom. The van der Waals surface area contributed by atoms with Gasteiger partial charge in [0.2, 0.25) is 5.91 Å². The number of hydrogen-bond donors (Lipinski definition) is 3. The van der Waals surface area contributed by atoms with Crippen LogP contribution in [0.4, 0.5) is 14.0 Å². The van der Waals surface area contributed by atoms with Gasteiger partial charge < -0.3 is 25.6 Å². The number of ether oxygens (including phenoxy) is 1. The number of Topliss-reactive ketones (excluding diaryl/α,β-unsaturated/α-hetero) is 1. The highest BCUT2D eigenvalue weighted by Crippen LogP contribution is 2.02. The van der Waals surface area contributed by atoms with Crippen molar-refractivity contribution in [3.63, 3.8) is 0 Å². The van der Waals surface area contributed by atoms with Crippen LogP contribution in [0.3, 0.4) is 0 Å². The van der Waals surface area contributed by atoms with Gasteiger partial charge in [0.05, 0.1) is 0 Å². The monoisotopic (exact) mass is 380 g/mol. The van der Waals surface area contributed by atoms with Crippen molar-refractivity contribution in [2.45, 2.75) is 12.6 Å². The summed E-state index contributed by atoms with van der Waals surface area (Å²) in [5.74, 6) is -1.55. The molecule has 0 radical (unpaired) electrons. The first kappa shape index (κ1) is 20.1. The van der Waals surface area contributed by atoms with Gasteiger partial charge in [-0.3, -0.25) is 9.59 Å². The molecule has 0 aliphatic carbocycles. The number of benzene rings is 1. The van der Waals surface area contributed by atoms with Gasteiger partial charge in [-0.25, -0.2) is 14.0 Å². The molecule has 1 saturated heterocycles. The van der Waals surface area contributed by atoms with Crippen LogP contribution in [-0.2, 0) is 20.9 Å². The van der Waals surface area contributed by atoms with E-state index < -0.39 is 37.0 Å². The number of carbonyl (C=O) groups is 4. The third-order valence-corrected chi connectivity index (χ3v) is 3.81. The molecule has 3 N–H and O–H groups in total. The van der Waals surface area contributed by atoms with Gasteiger partial charge >= 0.3 is 12.1 Å². The fourth-order valence-electron chi connectivity index (χ4n) is 2.40. The summed E-state index contributed by atoms with van der Waals surface area (Å²) in [5, 5.41) is 7.12. The number of urea groups is 1.